The first-order valence-electron chi connectivity index (χ1n) is 10.2. The van der Waals surface area contributed by atoms with Crippen molar-refractivity contribution in [3.63, 3.8) is 0 Å². The Morgan fingerprint density at radius 3 is 2.57 bits per heavy atom. The van der Waals surface area contributed by atoms with Gasteiger partial charge in [-0.1, -0.05) is 25.1 Å². The topological polar surface area (TPSA) is 83.0 Å². The molecule has 0 aliphatic carbocycles. The Morgan fingerprint density at radius 1 is 1.21 bits per heavy atom. The molecule has 1 unspecified atom stereocenters. The lowest BCUT2D eigenvalue weighted by molar-refractivity contribution is 0.0377. The molecular formula is C20H34N4O3S. The number of nitrogens with one attached hydrogen (secondary N) is 2. The quantitative estimate of drug-likeness (QED) is 0.346. The Hall–Kier alpha value is -1.64. The minimum atomic E-state index is -3.34. The maximum atomic E-state index is 12.7. The van der Waals surface area contributed by atoms with Gasteiger partial charge in [0.25, 0.3) is 0 Å². The van der Waals surface area contributed by atoms with Gasteiger partial charge in [-0.25, -0.2) is 8.42 Å². The fourth-order valence-electron chi connectivity index (χ4n) is 3.07. The normalized spacial score (nSPS) is 17.3. The molecule has 0 amide bonds. The summed E-state index contributed by atoms with van der Waals surface area (Å²) in [5.41, 5.74) is 0. The van der Waals surface area contributed by atoms with E-state index in [0.717, 1.165) is 45.8 Å². The lowest BCUT2D eigenvalue weighted by Gasteiger charge is -2.26. The molecule has 1 aliphatic heterocycles. The number of ether oxygens (including phenoxy) is 1. The van der Waals surface area contributed by atoms with Crippen molar-refractivity contribution in [3.05, 3.63) is 30.3 Å². The van der Waals surface area contributed by atoms with E-state index in [1.807, 2.05) is 19.9 Å². The van der Waals surface area contributed by atoms with Crippen molar-refractivity contribution in [3.8, 4) is 0 Å². The minimum absolute atomic E-state index is 0.0473. The Bertz CT molecular complexity index is 689. The third-order valence-electron chi connectivity index (χ3n) is 4.71. The van der Waals surface area contributed by atoms with Gasteiger partial charge in [-0.15, -0.1) is 0 Å². The average Bonchev–Trinajstić information content (AvgIpc) is 2.72. The van der Waals surface area contributed by atoms with Crippen molar-refractivity contribution < 1.29 is 13.2 Å². The third kappa shape index (κ3) is 7.77. The van der Waals surface area contributed by atoms with Crippen molar-refractivity contribution in [1.82, 2.24) is 15.5 Å². The molecule has 158 valence electrons. The van der Waals surface area contributed by atoms with Crippen LogP contribution < -0.4 is 10.6 Å². The summed E-state index contributed by atoms with van der Waals surface area (Å²) in [6, 6.07) is 8.42. The highest BCUT2D eigenvalue weighted by molar-refractivity contribution is 7.91. The molecule has 2 N–H and O–H groups in total. The number of aliphatic imine (C=N–C) groups is 1. The molecule has 8 heteroatoms. The zero-order valence-corrected chi connectivity index (χ0v) is 17.9. The van der Waals surface area contributed by atoms with Crippen LogP contribution in [0.15, 0.2) is 40.2 Å². The van der Waals surface area contributed by atoms with Crippen LogP contribution in [-0.2, 0) is 14.6 Å². The van der Waals surface area contributed by atoms with Crippen LogP contribution in [0.3, 0.4) is 0 Å². The lowest BCUT2D eigenvalue weighted by atomic mass is 10.2. The van der Waals surface area contributed by atoms with E-state index in [0.29, 0.717) is 23.8 Å². The summed E-state index contributed by atoms with van der Waals surface area (Å²) in [7, 11) is -3.34. The van der Waals surface area contributed by atoms with Crippen LogP contribution in [0.4, 0.5) is 0 Å². The predicted octanol–water partition coefficient (Wildman–Crippen LogP) is 1.52. The summed E-state index contributed by atoms with van der Waals surface area (Å²) < 4.78 is 30.7. The van der Waals surface area contributed by atoms with Crippen LogP contribution in [0, 0.1) is 0 Å². The number of hydrogen-bond donors (Lipinski definition) is 2. The highest BCUT2D eigenvalue weighted by atomic mass is 32.2. The molecular weight excluding hydrogens is 376 g/mol. The molecule has 7 nitrogen and oxygen atoms in total. The van der Waals surface area contributed by atoms with Crippen molar-refractivity contribution >= 4 is 15.8 Å². The number of sulfone groups is 1. The molecule has 1 aromatic carbocycles. The molecule has 2 rings (SSSR count). The fraction of sp³-hybridized carbons (Fsp3) is 0.650. The molecule has 1 fully saturated rings. The predicted molar refractivity (Wildman–Crippen MR) is 114 cm³/mol. The van der Waals surface area contributed by atoms with Crippen LogP contribution in [0.25, 0.3) is 0 Å². The molecule has 0 saturated carbocycles. The second-order valence-corrected chi connectivity index (χ2v) is 8.95. The van der Waals surface area contributed by atoms with Crippen molar-refractivity contribution in [2.75, 3.05) is 51.7 Å². The van der Waals surface area contributed by atoms with E-state index in [-0.39, 0.29) is 11.8 Å². The molecule has 1 heterocycles. The van der Waals surface area contributed by atoms with Gasteiger partial charge < -0.3 is 15.4 Å². The molecule has 0 aromatic heterocycles. The second-order valence-electron chi connectivity index (χ2n) is 6.91. The van der Waals surface area contributed by atoms with Crippen LogP contribution in [0.2, 0.25) is 0 Å². The van der Waals surface area contributed by atoms with Crippen LogP contribution in [-0.4, -0.2) is 77.0 Å². The zero-order chi connectivity index (χ0) is 20.2. The maximum absolute atomic E-state index is 12.7. The number of benzene rings is 1. The van der Waals surface area contributed by atoms with E-state index in [1.54, 1.807) is 24.3 Å². The van der Waals surface area contributed by atoms with Gasteiger partial charge in [0.1, 0.15) is 0 Å². The van der Waals surface area contributed by atoms with E-state index in [9.17, 15) is 8.42 Å². The zero-order valence-electron chi connectivity index (χ0n) is 17.1. The highest BCUT2D eigenvalue weighted by Crippen LogP contribution is 2.12. The SMILES string of the molecule is CCNC(=NCCCN1CCOCC1)NC(CC)CS(=O)(=O)c1ccccc1. The van der Waals surface area contributed by atoms with Gasteiger partial charge in [0.2, 0.25) is 0 Å². The molecule has 0 bridgehead atoms. The third-order valence-corrected chi connectivity index (χ3v) is 6.54. The van der Waals surface area contributed by atoms with Gasteiger partial charge in [-0.05, 0) is 31.9 Å². The van der Waals surface area contributed by atoms with Gasteiger partial charge in [0.15, 0.2) is 15.8 Å². The van der Waals surface area contributed by atoms with E-state index in [4.69, 9.17) is 4.74 Å². The molecule has 28 heavy (non-hydrogen) atoms. The first kappa shape index (κ1) is 22.6. The first-order valence-corrected chi connectivity index (χ1v) is 11.8. The summed E-state index contributed by atoms with van der Waals surface area (Å²) in [6.45, 7) is 10.0. The monoisotopic (exact) mass is 410 g/mol. The molecule has 0 radical (unpaired) electrons. The lowest BCUT2D eigenvalue weighted by Crippen LogP contribution is -2.46. The summed E-state index contributed by atoms with van der Waals surface area (Å²) >= 11 is 0. The van der Waals surface area contributed by atoms with E-state index < -0.39 is 9.84 Å². The standard InChI is InChI=1S/C20H34N4O3S/c1-3-18(17-28(25,26)19-9-6-5-7-10-19)23-20(21-4-2)22-11-8-12-24-13-15-27-16-14-24/h5-7,9-10,18H,3-4,8,11-17H2,1-2H3,(H2,21,22,23). The second kappa shape index (κ2) is 12.0. The summed E-state index contributed by atoms with van der Waals surface area (Å²) in [5, 5.41) is 6.52. The van der Waals surface area contributed by atoms with Gasteiger partial charge in [0, 0.05) is 38.8 Å². The Balaban J connectivity index is 1.88. The van der Waals surface area contributed by atoms with E-state index in [1.165, 1.54) is 0 Å². The number of rotatable bonds is 10. The van der Waals surface area contributed by atoms with E-state index >= 15 is 0 Å². The Morgan fingerprint density at radius 2 is 1.93 bits per heavy atom. The average molecular weight is 411 g/mol. The Labute approximate surface area is 169 Å². The van der Waals surface area contributed by atoms with Crippen LogP contribution in [0.5, 0.6) is 0 Å². The van der Waals surface area contributed by atoms with Gasteiger partial charge in [-0.2, -0.15) is 0 Å². The number of morpholine rings is 1. The number of guanidine groups is 1. The molecule has 1 saturated heterocycles. The molecule has 1 aliphatic rings. The minimum Gasteiger partial charge on any atom is -0.379 e. The summed E-state index contributed by atoms with van der Waals surface area (Å²) in [5.74, 6) is 0.728. The smallest absolute Gasteiger partial charge is 0.191 e. The van der Waals surface area contributed by atoms with Gasteiger partial charge in [-0.3, -0.25) is 9.89 Å². The maximum Gasteiger partial charge on any atom is 0.191 e. The molecule has 1 aromatic rings. The largest absolute Gasteiger partial charge is 0.379 e. The number of hydrogen-bond acceptors (Lipinski definition) is 5. The summed E-state index contributed by atoms with van der Waals surface area (Å²) in [4.78, 5) is 7.38. The van der Waals surface area contributed by atoms with Crippen LogP contribution >= 0.6 is 0 Å². The first-order chi connectivity index (χ1) is 13.5. The van der Waals surface area contributed by atoms with Gasteiger partial charge in [0.05, 0.1) is 23.9 Å². The van der Waals surface area contributed by atoms with Gasteiger partial charge >= 0.3 is 0 Å². The van der Waals surface area contributed by atoms with Crippen molar-refractivity contribution in [1.29, 1.82) is 0 Å². The number of nitrogens with zero attached hydrogens (tertiary/aromatic N) is 2. The van der Waals surface area contributed by atoms with Crippen molar-refractivity contribution in [2.24, 2.45) is 4.99 Å². The Kier molecular flexibility index (Phi) is 9.73. The molecule has 1 atom stereocenters. The molecule has 0 spiro atoms. The summed E-state index contributed by atoms with van der Waals surface area (Å²) in [6.07, 6.45) is 1.67. The fourth-order valence-corrected chi connectivity index (χ4v) is 4.69. The van der Waals surface area contributed by atoms with Crippen LogP contribution in [0.1, 0.15) is 26.7 Å². The van der Waals surface area contributed by atoms with Crippen molar-refractivity contribution in [2.45, 2.75) is 37.6 Å². The van der Waals surface area contributed by atoms with E-state index in [2.05, 4.69) is 20.5 Å². The highest BCUT2D eigenvalue weighted by Gasteiger charge is 2.21.